The molecule has 0 unspecified atom stereocenters. The molecule has 0 amide bonds. The van der Waals surface area contributed by atoms with Gasteiger partial charge in [0.2, 0.25) is 6.08 Å². The van der Waals surface area contributed by atoms with Crippen LogP contribution in [0.3, 0.4) is 0 Å². The maximum absolute atomic E-state index is 9.82. The van der Waals surface area contributed by atoms with Crippen LogP contribution in [0.5, 0.6) is 0 Å². The Labute approximate surface area is 64.0 Å². The monoisotopic (exact) mass is 149 g/mol. The molecule has 0 radical (unpaired) electrons. The highest BCUT2D eigenvalue weighted by molar-refractivity contribution is 5.49. The SMILES string of the molecule is O=C=Nc1cccc(CO)c1. The predicted molar refractivity (Wildman–Crippen MR) is 40.1 cm³/mol. The predicted octanol–water partition coefficient (Wildman–Crippen LogP) is 1.15. The van der Waals surface area contributed by atoms with Gasteiger partial charge in [0.25, 0.3) is 0 Å². The van der Waals surface area contributed by atoms with Gasteiger partial charge in [0.1, 0.15) is 0 Å². The summed E-state index contributed by atoms with van der Waals surface area (Å²) in [6.07, 6.45) is 1.43. The first-order valence-electron chi connectivity index (χ1n) is 3.14. The number of aliphatic hydroxyl groups excluding tert-OH is 1. The van der Waals surface area contributed by atoms with E-state index in [-0.39, 0.29) is 6.61 Å². The molecule has 0 aliphatic heterocycles. The first kappa shape index (κ1) is 7.66. The van der Waals surface area contributed by atoms with Crippen molar-refractivity contribution in [1.82, 2.24) is 0 Å². The Balaban J connectivity index is 3.00. The van der Waals surface area contributed by atoms with Gasteiger partial charge in [-0.3, -0.25) is 0 Å². The van der Waals surface area contributed by atoms with Crippen molar-refractivity contribution in [2.24, 2.45) is 4.99 Å². The van der Waals surface area contributed by atoms with E-state index in [4.69, 9.17) is 5.11 Å². The van der Waals surface area contributed by atoms with Crippen LogP contribution in [0, 0.1) is 0 Å². The van der Waals surface area contributed by atoms with E-state index in [0.717, 1.165) is 5.56 Å². The van der Waals surface area contributed by atoms with Gasteiger partial charge in [-0.15, -0.1) is 0 Å². The number of hydrogen-bond donors (Lipinski definition) is 1. The molecule has 0 atom stereocenters. The fraction of sp³-hybridized carbons (Fsp3) is 0.125. The summed E-state index contributed by atoms with van der Waals surface area (Å²) in [5.41, 5.74) is 1.26. The van der Waals surface area contributed by atoms with Crippen LogP contribution in [0.25, 0.3) is 0 Å². The van der Waals surface area contributed by atoms with Crippen LogP contribution in [0.2, 0.25) is 0 Å². The fourth-order valence-corrected chi connectivity index (χ4v) is 0.777. The van der Waals surface area contributed by atoms with Gasteiger partial charge in [-0.2, -0.15) is 4.99 Å². The highest BCUT2D eigenvalue weighted by Crippen LogP contribution is 2.12. The number of nitrogens with zero attached hydrogens (tertiary/aromatic N) is 1. The van der Waals surface area contributed by atoms with Gasteiger partial charge in [-0.25, -0.2) is 4.79 Å². The summed E-state index contributed by atoms with van der Waals surface area (Å²) in [7, 11) is 0. The molecule has 3 heteroatoms. The van der Waals surface area contributed by atoms with Crippen molar-refractivity contribution >= 4 is 11.8 Å². The molecule has 0 aliphatic rings. The summed E-state index contributed by atoms with van der Waals surface area (Å²) in [5.74, 6) is 0. The van der Waals surface area contributed by atoms with Gasteiger partial charge in [-0.1, -0.05) is 12.1 Å². The smallest absolute Gasteiger partial charge is 0.240 e. The molecule has 0 fully saturated rings. The van der Waals surface area contributed by atoms with Crippen molar-refractivity contribution in [3.8, 4) is 0 Å². The van der Waals surface area contributed by atoms with E-state index in [2.05, 4.69) is 4.99 Å². The van der Waals surface area contributed by atoms with E-state index in [1.165, 1.54) is 6.08 Å². The van der Waals surface area contributed by atoms with E-state index in [1.807, 2.05) is 0 Å². The van der Waals surface area contributed by atoms with Gasteiger partial charge in [0, 0.05) is 0 Å². The largest absolute Gasteiger partial charge is 0.392 e. The van der Waals surface area contributed by atoms with E-state index < -0.39 is 0 Å². The second kappa shape index (κ2) is 3.66. The van der Waals surface area contributed by atoms with Gasteiger partial charge in [0.05, 0.1) is 12.3 Å². The van der Waals surface area contributed by atoms with Gasteiger partial charge in [-0.05, 0) is 17.7 Å². The third-order valence-corrected chi connectivity index (χ3v) is 1.27. The van der Waals surface area contributed by atoms with Crippen molar-refractivity contribution < 1.29 is 9.90 Å². The average molecular weight is 149 g/mol. The lowest BCUT2D eigenvalue weighted by Crippen LogP contribution is -1.79. The minimum absolute atomic E-state index is 0.0395. The van der Waals surface area contributed by atoms with E-state index >= 15 is 0 Å². The molecular weight excluding hydrogens is 142 g/mol. The van der Waals surface area contributed by atoms with Gasteiger partial charge < -0.3 is 5.11 Å². The van der Waals surface area contributed by atoms with Crippen LogP contribution >= 0.6 is 0 Å². The van der Waals surface area contributed by atoms with Crippen molar-refractivity contribution in [3.63, 3.8) is 0 Å². The highest BCUT2D eigenvalue weighted by Gasteiger charge is 1.90. The molecular formula is C8H7NO2. The highest BCUT2D eigenvalue weighted by atomic mass is 16.3. The Bertz CT molecular complexity index is 290. The summed E-state index contributed by atoms with van der Waals surface area (Å²) in [4.78, 5) is 13.2. The molecule has 1 aromatic rings. The molecule has 11 heavy (non-hydrogen) atoms. The molecule has 1 rings (SSSR count). The lowest BCUT2D eigenvalue weighted by Gasteiger charge is -1.94. The number of aliphatic imine (C=N–C) groups is 1. The number of benzene rings is 1. The molecule has 1 N–H and O–H groups in total. The fourth-order valence-electron chi connectivity index (χ4n) is 0.777. The molecule has 0 bridgehead atoms. The van der Waals surface area contributed by atoms with E-state index in [9.17, 15) is 4.79 Å². The third-order valence-electron chi connectivity index (χ3n) is 1.27. The Hall–Kier alpha value is -1.44. The lowest BCUT2D eigenvalue weighted by atomic mass is 10.2. The normalized spacial score (nSPS) is 8.82. The average Bonchev–Trinajstić information content (AvgIpc) is 2.06. The maximum atomic E-state index is 9.82. The molecule has 0 aromatic heterocycles. The van der Waals surface area contributed by atoms with Crippen LogP contribution in [0.1, 0.15) is 5.56 Å². The number of rotatable bonds is 2. The Morgan fingerprint density at radius 3 is 3.00 bits per heavy atom. The number of aliphatic hydroxyl groups is 1. The van der Waals surface area contributed by atoms with Crippen LogP contribution in [0.4, 0.5) is 5.69 Å². The zero-order valence-corrected chi connectivity index (χ0v) is 5.82. The van der Waals surface area contributed by atoms with Crippen LogP contribution in [0.15, 0.2) is 29.3 Å². The van der Waals surface area contributed by atoms with Crippen LogP contribution in [-0.2, 0) is 11.4 Å². The molecule has 0 aliphatic carbocycles. The minimum Gasteiger partial charge on any atom is -0.392 e. The summed E-state index contributed by atoms with van der Waals surface area (Å²) in [5, 5.41) is 8.69. The number of isocyanates is 1. The zero-order valence-electron chi connectivity index (χ0n) is 5.82. The minimum atomic E-state index is -0.0395. The standard InChI is InChI=1S/C8H7NO2/c10-5-7-2-1-3-8(4-7)9-6-11/h1-4,10H,5H2. The Kier molecular flexibility index (Phi) is 2.55. The van der Waals surface area contributed by atoms with Crippen LogP contribution in [-0.4, -0.2) is 11.2 Å². The van der Waals surface area contributed by atoms with Crippen molar-refractivity contribution in [3.05, 3.63) is 29.8 Å². The lowest BCUT2D eigenvalue weighted by molar-refractivity contribution is 0.282. The summed E-state index contributed by atoms with van der Waals surface area (Å²) >= 11 is 0. The molecule has 0 saturated heterocycles. The van der Waals surface area contributed by atoms with Crippen molar-refractivity contribution in [2.45, 2.75) is 6.61 Å². The molecule has 0 saturated carbocycles. The maximum Gasteiger partial charge on any atom is 0.240 e. The van der Waals surface area contributed by atoms with E-state index in [1.54, 1.807) is 24.3 Å². The molecule has 56 valence electrons. The first-order valence-corrected chi connectivity index (χ1v) is 3.14. The van der Waals surface area contributed by atoms with Crippen molar-refractivity contribution in [2.75, 3.05) is 0 Å². The Morgan fingerprint density at radius 1 is 1.55 bits per heavy atom. The number of hydrogen-bond acceptors (Lipinski definition) is 3. The second-order valence-corrected chi connectivity index (χ2v) is 2.03. The molecule has 0 heterocycles. The quantitative estimate of drug-likeness (QED) is 0.506. The second-order valence-electron chi connectivity index (χ2n) is 2.03. The van der Waals surface area contributed by atoms with Crippen LogP contribution < -0.4 is 0 Å². The summed E-state index contributed by atoms with van der Waals surface area (Å²) < 4.78 is 0. The summed E-state index contributed by atoms with van der Waals surface area (Å²) in [6.45, 7) is -0.0395. The van der Waals surface area contributed by atoms with Gasteiger partial charge in [0.15, 0.2) is 0 Å². The first-order chi connectivity index (χ1) is 5.36. The van der Waals surface area contributed by atoms with E-state index in [0.29, 0.717) is 5.69 Å². The topological polar surface area (TPSA) is 49.7 Å². The molecule has 1 aromatic carbocycles. The number of carbonyl (C=O) groups excluding carboxylic acids is 1. The third kappa shape index (κ3) is 2.00. The van der Waals surface area contributed by atoms with Gasteiger partial charge >= 0.3 is 0 Å². The Morgan fingerprint density at radius 2 is 2.36 bits per heavy atom. The zero-order chi connectivity index (χ0) is 8.10. The molecule has 3 nitrogen and oxygen atoms in total. The summed E-state index contributed by atoms with van der Waals surface area (Å²) in [6, 6.07) is 6.78. The van der Waals surface area contributed by atoms with Crippen molar-refractivity contribution in [1.29, 1.82) is 0 Å². The molecule has 0 spiro atoms.